The molecule has 21 heavy (non-hydrogen) atoms. The maximum Gasteiger partial charge on any atom is 0.261 e. The minimum Gasteiger partial charge on any atom is -0.313 e. The number of halogens is 1. The number of anilines is 1. The number of aryl methyl sites for hydroxylation is 1. The highest BCUT2D eigenvalue weighted by molar-refractivity contribution is 7.92. The van der Waals surface area contributed by atoms with Crippen molar-refractivity contribution in [2.24, 2.45) is 0 Å². The summed E-state index contributed by atoms with van der Waals surface area (Å²) in [6.07, 6.45) is 2.28. The molecule has 0 aliphatic heterocycles. The molecule has 0 aliphatic rings. The van der Waals surface area contributed by atoms with Crippen molar-refractivity contribution in [2.75, 3.05) is 4.72 Å². The predicted octanol–water partition coefficient (Wildman–Crippen LogP) is 2.71. The number of benzene rings is 1. The number of aromatic nitrogens is 1. The van der Waals surface area contributed by atoms with Crippen LogP contribution in [0, 0.1) is 0 Å². The van der Waals surface area contributed by atoms with E-state index in [1.807, 2.05) is 6.92 Å². The molecular weight excluding hydrogens is 312 g/mol. The highest BCUT2D eigenvalue weighted by atomic mass is 35.5. The zero-order valence-electron chi connectivity index (χ0n) is 11.4. The largest absolute Gasteiger partial charge is 0.313 e. The fourth-order valence-corrected chi connectivity index (χ4v) is 3.00. The molecule has 0 radical (unpaired) electrons. The van der Waals surface area contributed by atoms with E-state index < -0.39 is 10.0 Å². The maximum absolute atomic E-state index is 12.2. The third-order valence-electron chi connectivity index (χ3n) is 2.82. The second-order valence-electron chi connectivity index (χ2n) is 4.51. The second-order valence-corrected chi connectivity index (χ2v) is 6.63. The van der Waals surface area contributed by atoms with E-state index in [9.17, 15) is 13.2 Å². The summed E-state index contributed by atoms with van der Waals surface area (Å²) in [4.78, 5) is 11.7. The smallest absolute Gasteiger partial charge is 0.261 e. The van der Waals surface area contributed by atoms with Gasteiger partial charge in [0.2, 0.25) is 0 Å². The molecule has 0 unspecified atom stereocenters. The summed E-state index contributed by atoms with van der Waals surface area (Å²) in [7, 11) is -3.70. The summed E-state index contributed by atoms with van der Waals surface area (Å²) in [5.41, 5.74) is 0.185. The van der Waals surface area contributed by atoms with E-state index in [2.05, 4.69) is 4.72 Å². The van der Waals surface area contributed by atoms with Crippen LogP contribution in [0.25, 0.3) is 0 Å². The van der Waals surface area contributed by atoms with Gasteiger partial charge >= 0.3 is 0 Å². The van der Waals surface area contributed by atoms with Crippen molar-refractivity contribution < 1.29 is 8.42 Å². The van der Waals surface area contributed by atoms with Crippen LogP contribution in [0.5, 0.6) is 0 Å². The number of sulfonamides is 1. The molecule has 1 heterocycles. The van der Waals surface area contributed by atoms with Gasteiger partial charge in [-0.05, 0) is 36.8 Å². The molecule has 0 aliphatic carbocycles. The van der Waals surface area contributed by atoms with Crippen molar-refractivity contribution in [2.45, 2.75) is 24.8 Å². The van der Waals surface area contributed by atoms with Crippen molar-refractivity contribution in [1.82, 2.24) is 4.57 Å². The average molecular weight is 327 g/mol. The van der Waals surface area contributed by atoms with Gasteiger partial charge in [-0.2, -0.15) is 0 Å². The lowest BCUT2D eigenvalue weighted by Crippen LogP contribution is -2.20. The van der Waals surface area contributed by atoms with Gasteiger partial charge in [0.1, 0.15) is 0 Å². The fourth-order valence-electron chi connectivity index (χ4n) is 1.84. The minimum atomic E-state index is -3.70. The standard InChI is InChI=1S/C14H15ClN2O3S/c1-2-9-17-10-12(5-8-14(17)18)16-21(19,20)13-6-3-11(15)4-7-13/h3-8,10,16H,2,9H2,1H3. The van der Waals surface area contributed by atoms with Crippen molar-refractivity contribution >= 4 is 27.3 Å². The molecular formula is C14H15ClN2O3S. The lowest BCUT2D eigenvalue weighted by Gasteiger charge is -2.10. The highest BCUT2D eigenvalue weighted by Crippen LogP contribution is 2.17. The second kappa shape index (κ2) is 6.32. The summed E-state index contributed by atoms with van der Waals surface area (Å²) >= 11 is 5.74. The predicted molar refractivity (Wildman–Crippen MR) is 83.3 cm³/mol. The molecule has 2 aromatic rings. The van der Waals surface area contributed by atoms with Crippen molar-refractivity contribution in [3.63, 3.8) is 0 Å². The van der Waals surface area contributed by atoms with Gasteiger partial charge < -0.3 is 4.57 Å². The maximum atomic E-state index is 12.2. The third-order valence-corrected chi connectivity index (χ3v) is 4.47. The molecule has 0 spiro atoms. The van der Waals surface area contributed by atoms with E-state index in [0.29, 0.717) is 17.3 Å². The Bertz CT molecular complexity index is 783. The van der Waals surface area contributed by atoms with Crippen LogP contribution in [0.1, 0.15) is 13.3 Å². The molecule has 7 heteroatoms. The summed E-state index contributed by atoms with van der Waals surface area (Å²) in [5, 5.41) is 0.463. The van der Waals surface area contributed by atoms with Crippen LogP contribution in [-0.4, -0.2) is 13.0 Å². The lowest BCUT2D eigenvalue weighted by molar-refractivity contribution is 0.601. The van der Waals surface area contributed by atoms with Gasteiger partial charge in [-0.1, -0.05) is 18.5 Å². The number of nitrogens with zero attached hydrogens (tertiary/aromatic N) is 1. The van der Waals surface area contributed by atoms with E-state index in [4.69, 9.17) is 11.6 Å². The molecule has 1 N–H and O–H groups in total. The topological polar surface area (TPSA) is 68.2 Å². The third kappa shape index (κ3) is 3.86. The van der Waals surface area contributed by atoms with Crippen molar-refractivity contribution in [3.05, 3.63) is 58.0 Å². The zero-order valence-corrected chi connectivity index (χ0v) is 13.0. The SMILES string of the molecule is CCCn1cc(NS(=O)(=O)c2ccc(Cl)cc2)ccc1=O. The minimum absolute atomic E-state index is 0.111. The Balaban J connectivity index is 2.30. The van der Waals surface area contributed by atoms with Crippen LogP contribution in [0.15, 0.2) is 52.3 Å². The first-order chi connectivity index (χ1) is 9.92. The molecule has 1 aromatic carbocycles. The van der Waals surface area contributed by atoms with E-state index >= 15 is 0 Å². The van der Waals surface area contributed by atoms with Gasteiger partial charge in [-0.25, -0.2) is 8.42 Å². The van der Waals surface area contributed by atoms with Crippen molar-refractivity contribution in [1.29, 1.82) is 0 Å². The Labute approximate surface area is 128 Å². The Morgan fingerprint density at radius 2 is 1.81 bits per heavy atom. The van der Waals surface area contributed by atoms with E-state index in [-0.39, 0.29) is 10.5 Å². The average Bonchev–Trinajstić information content (AvgIpc) is 2.43. The molecule has 2 rings (SSSR count). The molecule has 0 amide bonds. The van der Waals surface area contributed by atoms with E-state index in [0.717, 1.165) is 6.42 Å². The molecule has 0 bridgehead atoms. The van der Waals surface area contributed by atoms with E-state index in [1.165, 1.54) is 47.2 Å². The quantitative estimate of drug-likeness (QED) is 0.918. The zero-order chi connectivity index (χ0) is 15.5. The Morgan fingerprint density at radius 3 is 2.43 bits per heavy atom. The van der Waals surface area contributed by atoms with Crippen LogP contribution in [0.3, 0.4) is 0 Å². The van der Waals surface area contributed by atoms with Crippen LogP contribution in [-0.2, 0) is 16.6 Å². The number of hydrogen-bond acceptors (Lipinski definition) is 3. The highest BCUT2D eigenvalue weighted by Gasteiger charge is 2.14. The first-order valence-corrected chi connectivity index (χ1v) is 8.27. The number of nitrogens with one attached hydrogen (secondary N) is 1. The summed E-state index contributed by atoms with van der Waals surface area (Å²) in [6.45, 7) is 2.48. The molecule has 5 nitrogen and oxygen atoms in total. The summed E-state index contributed by atoms with van der Waals surface area (Å²) in [5.74, 6) is 0. The normalized spacial score (nSPS) is 11.3. The van der Waals surface area contributed by atoms with Gasteiger partial charge in [0.25, 0.3) is 15.6 Å². The van der Waals surface area contributed by atoms with Crippen LogP contribution >= 0.6 is 11.6 Å². The van der Waals surface area contributed by atoms with Crippen LogP contribution < -0.4 is 10.3 Å². The van der Waals surface area contributed by atoms with Gasteiger partial charge in [-0.3, -0.25) is 9.52 Å². The Hall–Kier alpha value is -1.79. The number of pyridine rings is 1. The molecule has 1 aromatic heterocycles. The van der Waals surface area contributed by atoms with Crippen LogP contribution in [0.4, 0.5) is 5.69 Å². The number of hydrogen-bond donors (Lipinski definition) is 1. The van der Waals surface area contributed by atoms with Gasteiger partial charge in [0.15, 0.2) is 0 Å². The van der Waals surface area contributed by atoms with Gasteiger partial charge in [0.05, 0.1) is 10.6 Å². The molecule has 112 valence electrons. The molecule has 0 atom stereocenters. The Kier molecular flexibility index (Phi) is 4.69. The molecule has 0 saturated carbocycles. The van der Waals surface area contributed by atoms with Gasteiger partial charge in [0, 0.05) is 23.8 Å². The fraction of sp³-hybridized carbons (Fsp3) is 0.214. The van der Waals surface area contributed by atoms with Crippen LogP contribution in [0.2, 0.25) is 5.02 Å². The summed E-state index contributed by atoms with van der Waals surface area (Å²) < 4.78 is 28.4. The molecule has 0 fully saturated rings. The van der Waals surface area contributed by atoms with Crippen molar-refractivity contribution in [3.8, 4) is 0 Å². The van der Waals surface area contributed by atoms with Gasteiger partial charge in [-0.15, -0.1) is 0 Å². The first-order valence-electron chi connectivity index (χ1n) is 6.41. The summed E-state index contributed by atoms with van der Waals surface area (Å²) in [6, 6.07) is 8.65. The van der Waals surface area contributed by atoms with E-state index in [1.54, 1.807) is 0 Å². The first kappa shape index (κ1) is 15.6. The lowest BCUT2D eigenvalue weighted by atomic mass is 10.4. The molecule has 0 saturated heterocycles. The monoisotopic (exact) mass is 326 g/mol. The number of rotatable bonds is 5. The Morgan fingerprint density at radius 1 is 1.14 bits per heavy atom.